The number of carboxylic acids is 1. The van der Waals surface area contributed by atoms with Crippen LogP contribution in [-0.4, -0.2) is 15.6 Å². The molecule has 0 atom stereocenters. The normalized spacial score (nSPS) is 12.4. The zero-order valence-electron chi connectivity index (χ0n) is 11.1. The number of carbonyl (C=O) groups is 1. The van der Waals surface area contributed by atoms with Crippen molar-refractivity contribution in [1.82, 2.24) is 4.57 Å². The highest BCUT2D eigenvalue weighted by Crippen LogP contribution is 2.35. The van der Waals surface area contributed by atoms with Gasteiger partial charge in [-0.1, -0.05) is 24.3 Å². The first-order valence-electron chi connectivity index (χ1n) is 6.65. The number of hydrogen-bond donors (Lipinski definition) is 2. The lowest BCUT2D eigenvalue weighted by Crippen LogP contribution is -1.96. The molecule has 0 spiro atoms. The summed E-state index contributed by atoms with van der Waals surface area (Å²) in [7, 11) is 0. The third-order valence-corrected chi connectivity index (χ3v) is 3.75. The van der Waals surface area contributed by atoms with Gasteiger partial charge in [0.15, 0.2) is 0 Å². The molecule has 4 heteroatoms. The van der Waals surface area contributed by atoms with Crippen LogP contribution >= 0.6 is 0 Å². The summed E-state index contributed by atoms with van der Waals surface area (Å²) in [6, 6.07) is 15.3. The molecule has 0 saturated heterocycles. The van der Waals surface area contributed by atoms with Crippen LogP contribution in [0.15, 0.2) is 54.7 Å². The van der Waals surface area contributed by atoms with Gasteiger partial charge in [0.05, 0.1) is 16.8 Å². The Balaban J connectivity index is 2.06. The Morgan fingerprint density at radius 3 is 2.81 bits per heavy atom. The molecule has 2 N–H and O–H groups in total. The van der Waals surface area contributed by atoms with Crippen molar-refractivity contribution in [2.24, 2.45) is 0 Å². The number of rotatable bonds is 1. The minimum atomic E-state index is -0.913. The van der Waals surface area contributed by atoms with E-state index in [2.05, 4.69) is 17.4 Å². The Morgan fingerprint density at radius 1 is 1.10 bits per heavy atom. The number of fused-ring (bicyclic) bond motifs is 5. The van der Waals surface area contributed by atoms with Gasteiger partial charge in [-0.25, -0.2) is 4.79 Å². The first-order valence-corrected chi connectivity index (χ1v) is 6.65. The minimum absolute atomic E-state index is 0.294. The van der Waals surface area contributed by atoms with Crippen LogP contribution in [0.4, 0.5) is 5.69 Å². The first kappa shape index (κ1) is 11.8. The van der Waals surface area contributed by atoms with E-state index < -0.39 is 5.97 Å². The fourth-order valence-corrected chi connectivity index (χ4v) is 2.76. The van der Waals surface area contributed by atoms with Crippen molar-refractivity contribution in [3.8, 4) is 11.3 Å². The zero-order valence-corrected chi connectivity index (χ0v) is 11.1. The predicted octanol–water partition coefficient (Wildman–Crippen LogP) is 3.86. The van der Waals surface area contributed by atoms with E-state index in [-0.39, 0.29) is 0 Å². The number of benzene rings is 2. The van der Waals surface area contributed by atoms with Crippen molar-refractivity contribution in [3.63, 3.8) is 0 Å². The molecule has 3 aromatic rings. The van der Waals surface area contributed by atoms with Crippen molar-refractivity contribution in [1.29, 1.82) is 0 Å². The standard InChI is InChI=1S/C17H12N2O2/c20-17(21)12-6-5-11-9-16-13-3-1-2-4-14(13)18-7-8-19(16)15(11)10-12/h1-10,18H,(H,20,21). The van der Waals surface area contributed by atoms with E-state index in [4.69, 9.17) is 5.11 Å². The summed E-state index contributed by atoms with van der Waals surface area (Å²) in [6.07, 6.45) is 3.78. The average molecular weight is 276 g/mol. The Labute approximate surface area is 120 Å². The van der Waals surface area contributed by atoms with E-state index >= 15 is 0 Å². The molecule has 0 bridgehead atoms. The van der Waals surface area contributed by atoms with Gasteiger partial charge >= 0.3 is 5.97 Å². The molecule has 2 heterocycles. The van der Waals surface area contributed by atoms with E-state index in [1.807, 2.05) is 41.2 Å². The summed E-state index contributed by atoms with van der Waals surface area (Å²) in [5.74, 6) is -0.913. The van der Waals surface area contributed by atoms with Crippen LogP contribution < -0.4 is 5.32 Å². The Bertz CT molecular complexity index is 906. The maximum absolute atomic E-state index is 11.2. The molecule has 2 aromatic carbocycles. The highest BCUT2D eigenvalue weighted by Gasteiger charge is 2.15. The van der Waals surface area contributed by atoms with Crippen LogP contribution in [0, 0.1) is 0 Å². The van der Waals surface area contributed by atoms with Crippen LogP contribution in [0.5, 0.6) is 0 Å². The number of carboxylic acid groups (broad SMARTS) is 1. The molecule has 0 saturated carbocycles. The molecule has 0 radical (unpaired) electrons. The molecule has 0 fully saturated rings. The number of nitrogens with zero attached hydrogens (tertiary/aromatic N) is 1. The summed E-state index contributed by atoms with van der Waals surface area (Å²) in [5.41, 5.74) is 4.36. The van der Waals surface area contributed by atoms with Gasteiger partial charge in [0.2, 0.25) is 0 Å². The lowest BCUT2D eigenvalue weighted by atomic mass is 10.1. The molecule has 0 unspecified atom stereocenters. The van der Waals surface area contributed by atoms with Gasteiger partial charge in [0, 0.05) is 29.0 Å². The lowest BCUT2D eigenvalue weighted by Gasteiger charge is -2.06. The van der Waals surface area contributed by atoms with Crippen LogP contribution in [0.2, 0.25) is 0 Å². The average Bonchev–Trinajstić information content (AvgIpc) is 2.75. The molecular formula is C17H12N2O2. The molecule has 102 valence electrons. The van der Waals surface area contributed by atoms with Gasteiger partial charge in [-0.3, -0.25) is 0 Å². The predicted molar refractivity (Wildman–Crippen MR) is 83.3 cm³/mol. The van der Waals surface area contributed by atoms with Crippen molar-refractivity contribution >= 4 is 28.8 Å². The minimum Gasteiger partial charge on any atom is -0.478 e. The van der Waals surface area contributed by atoms with Gasteiger partial charge in [-0.05, 0) is 24.3 Å². The second-order valence-corrected chi connectivity index (χ2v) is 4.98. The third kappa shape index (κ3) is 1.73. The monoisotopic (exact) mass is 276 g/mol. The molecule has 4 nitrogen and oxygen atoms in total. The zero-order chi connectivity index (χ0) is 14.4. The molecule has 4 rings (SSSR count). The van der Waals surface area contributed by atoms with E-state index in [0.717, 1.165) is 27.8 Å². The van der Waals surface area contributed by atoms with Gasteiger partial charge in [0.1, 0.15) is 0 Å². The Hall–Kier alpha value is -3.01. The topological polar surface area (TPSA) is 54.3 Å². The van der Waals surface area contributed by atoms with Crippen LogP contribution in [0.3, 0.4) is 0 Å². The Morgan fingerprint density at radius 2 is 1.95 bits per heavy atom. The Kier molecular flexibility index (Phi) is 2.38. The fraction of sp³-hybridized carbons (Fsp3) is 0. The summed E-state index contributed by atoms with van der Waals surface area (Å²) in [6.45, 7) is 0. The number of nitrogens with one attached hydrogen (secondary N) is 1. The fourth-order valence-electron chi connectivity index (χ4n) is 2.76. The quantitative estimate of drug-likeness (QED) is 0.709. The molecule has 1 aliphatic rings. The third-order valence-electron chi connectivity index (χ3n) is 3.75. The van der Waals surface area contributed by atoms with Gasteiger partial charge < -0.3 is 15.0 Å². The highest BCUT2D eigenvalue weighted by molar-refractivity contribution is 5.98. The summed E-state index contributed by atoms with van der Waals surface area (Å²) in [4.78, 5) is 11.2. The first-order chi connectivity index (χ1) is 10.2. The van der Waals surface area contributed by atoms with E-state index in [1.54, 1.807) is 12.1 Å². The van der Waals surface area contributed by atoms with E-state index in [0.29, 0.717) is 5.56 Å². The smallest absolute Gasteiger partial charge is 0.335 e. The SMILES string of the molecule is O=C(O)c1ccc2cc3n(c2c1)C=CNc1ccccc1-3. The van der Waals surface area contributed by atoms with Crippen molar-refractivity contribution in [2.75, 3.05) is 5.32 Å². The lowest BCUT2D eigenvalue weighted by molar-refractivity contribution is 0.0697. The number of anilines is 1. The van der Waals surface area contributed by atoms with Crippen LogP contribution in [0.25, 0.3) is 28.4 Å². The van der Waals surface area contributed by atoms with Crippen LogP contribution in [0.1, 0.15) is 10.4 Å². The summed E-state index contributed by atoms with van der Waals surface area (Å²) < 4.78 is 2.01. The number of aromatic nitrogens is 1. The molecule has 1 aromatic heterocycles. The van der Waals surface area contributed by atoms with Crippen molar-refractivity contribution in [2.45, 2.75) is 0 Å². The van der Waals surface area contributed by atoms with Gasteiger partial charge in [0.25, 0.3) is 0 Å². The van der Waals surface area contributed by atoms with Gasteiger partial charge in [-0.15, -0.1) is 0 Å². The summed E-state index contributed by atoms with van der Waals surface area (Å²) in [5, 5.41) is 13.4. The number of para-hydroxylation sites is 1. The van der Waals surface area contributed by atoms with E-state index in [9.17, 15) is 4.79 Å². The number of aromatic carboxylic acids is 1. The molecular weight excluding hydrogens is 264 g/mol. The van der Waals surface area contributed by atoms with Crippen molar-refractivity contribution in [3.05, 3.63) is 60.3 Å². The largest absolute Gasteiger partial charge is 0.478 e. The maximum Gasteiger partial charge on any atom is 0.335 e. The maximum atomic E-state index is 11.2. The van der Waals surface area contributed by atoms with Crippen molar-refractivity contribution < 1.29 is 9.90 Å². The van der Waals surface area contributed by atoms with Crippen LogP contribution in [-0.2, 0) is 0 Å². The summed E-state index contributed by atoms with van der Waals surface area (Å²) >= 11 is 0. The molecule has 21 heavy (non-hydrogen) atoms. The second kappa shape index (κ2) is 4.24. The number of hydrogen-bond acceptors (Lipinski definition) is 2. The second-order valence-electron chi connectivity index (χ2n) is 4.98. The molecule has 0 aliphatic carbocycles. The van der Waals surface area contributed by atoms with E-state index in [1.165, 1.54) is 0 Å². The van der Waals surface area contributed by atoms with Gasteiger partial charge in [-0.2, -0.15) is 0 Å². The molecule has 0 amide bonds. The highest BCUT2D eigenvalue weighted by atomic mass is 16.4. The molecule has 1 aliphatic heterocycles.